The van der Waals surface area contributed by atoms with E-state index in [9.17, 15) is 9.59 Å². The molecule has 0 aromatic heterocycles. The number of hydrogen-bond donors (Lipinski definition) is 2. The van der Waals surface area contributed by atoms with Crippen LogP contribution in [-0.4, -0.2) is 43.5 Å². The van der Waals surface area contributed by atoms with Gasteiger partial charge >= 0.3 is 0 Å². The summed E-state index contributed by atoms with van der Waals surface area (Å²) in [6.07, 6.45) is 1.29. The average Bonchev–Trinajstić information content (AvgIpc) is 2.65. The molecule has 0 saturated heterocycles. The van der Waals surface area contributed by atoms with Crippen molar-refractivity contribution in [3.05, 3.63) is 60.2 Å². The Morgan fingerprint density at radius 2 is 1.73 bits per heavy atom. The van der Waals surface area contributed by atoms with Gasteiger partial charge in [-0.15, -0.1) is 0 Å². The number of benzene rings is 2. The first-order valence-electron chi connectivity index (χ1n) is 8.60. The predicted molar refractivity (Wildman–Crippen MR) is 102 cm³/mol. The molecule has 0 aliphatic heterocycles. The summed E-state index contributed by atoms with van der Waals surface area (Å²) in [5, 5.41) is 2.81. The van der Waals surface area contributed by atoms with Gasteiger partial charge in [-0.05, 0) is 49.9 Å². The predicted octanol–water partition coefficient (Wildman–Crippen LogP) is 2.51. The Labute approximate surface area is 153 Å². The summed E-state index contributed by atoms with van der Waals surface area (Å²) in [7, 11) is 1.98. The van der Waals surface area contributed by atoms with Crippen LogP contribution in [0.1, 0.15) is 23.2 Å². The van der Waals surface area contributed by atoms with Gasteiger partial charge in [-0.1, -0.05) is 18.2 Å². The van der Waals surface area contributed by atoms with Crippen molar-refractivity contribution in [3.8, 4) is 5.75 Å². The van der Waals surface area contributed by atoms with Crippen LogP contribution >= 0.6 is 0 Å². The van der Waals surface area contributed by atoms with E-state index < -0.39 is 5.91 Å². The molecule has 0 atom stereocenters. The molecule has 0 bridgehead atoms. The number of para-hydroxylation sites is 1. The van der Waals surface area contributed by atoms with Crippen LogP contribution in [0.4, 0.5) is 5.69 Å². The minimum Gasteiger partial charge on any atom is -0.494 e. The summed E-state index contributed by atoms with van der Waals surface area (Å²) >= 11 is 0. The zero-order valence-corrected chi connectivity index (χ0v) is 15.0. The Bertz CT molecular complexity index is 702. The molecule has 0 spiro atoms. The van der Waals surface area contributed by atoms with Crippen molar-refractivity contribution >= 4 is 17.5 Å². The molecule has 26 heavy (non-hydrogen) atoms. The fourth-order valence-corrected chi connectivity index (χ4v) is 2.39. The van der Waals surface area contributed by atoms with Crippen LogP contribution in [0.2, 0.25) is 0 Å². The van der Waals surface area contributed by atoms with Crippen molar-refractivity contribution in [1.82, 2.24) is 4.90 Å². The lowest BCUT2D eigenvalue weighted by molar-refractivity contribution is -0.116. The molecule has 2 amide bonds. The quantitative estimate of drug-likeness (QED) is 0.641. The molecule has 2 rings (SSSR count). The molecule has 0 radical (unpaired) electrons. The fraction of sp³-hybridized carbons (Fsp3) is 0.300. The monoisotopic (exact) mass is 355 g/mol. The maximum atomic E-state index is 12.0. The van der Waals surface area contributed by atoms with Crippen LogP contribution in [0.15, 0.2) is 54.6 Å². The van der Waals surface area contributed by atoms with E-state index in [-0.39, 0.29) is 5.91 Å². The molecule has 0 aliphatic carbocycles. The Hall–Kier alpha value is -2.86. The molecule has 0 fully saturated rings. The molecule has 138 valence electrons. The highest BCUT2D eigenvalue weighted by Crippen LogP contribution is 2.10. The zero-order chi connectivity index (χ0) is 18.8. The van der Waals surface area contributed by atoms with E-state index in [4.69, 9.17) is 10.5 Å². The lowest BCUT2D eigenvalue weighted by Crippen LogP contribution is -2.26. The molecule has 0 unspecified atom stereocenters. The lowest BCUT2D eigenvalue weighted by atomic mass is 10.2. The topological polar surface area (TPSA) is 84.7 Å². The lowest BCUT2D eigenvalue weighted by Gasteiger charge is -2.16. The van der Waals surface area contributed by atoms with Crippen molar-refractivity contribution in [2.24, 2.45) is 5.73 Å². The van der Waals surface area contributed by atoms with Crippen LogP contribution in [0, 0.1) is 0 Å². The highest BCUT2D eigenvalue weighted by atomic mass is 16.5. The summed E-state index contributed by atoms with van der Waals surface area (Å²) in [5.41, 5.74) is 6.26. The maximum Gasteiger partial charge on any atom is 0.248 e. The Morgan fingerprint density at radius 1 is 1.04 bits per heavy atom. The first-order valence-corrected chi connectivity index (χ1v) is 8.60. The zero-order valence-electron chi connectivity index (χ0n) is 15.0. The van der Waals surface area contributed by atoms with Gasteiger partial charge in [-0.3, -0.25) is 9.59 Å². The van der Waals surface area contributed by atoms with Crippen LogP contribution < -0.4 is 15.8 Å². The summed E-state index contributed by atoms with van der Waals surface area (Å²) in [6.45, 7) is 2.16. The van der Waals surface area contributed by atoms with Gasteiger partial charge in [0, 0.05) is 30.8 Å². The number of primary amides is 1. The SMILES string of the molecule is CN(CCCOc1ccccc1)CCC(=O)Nc1ccc(C(N)=O)cc1. The van der Waals surface area contributed by atoms with Crippen molar-refractivity contribution in [2.45, 2.75) is 12.8 Å². The number of hydrogen-bond acceptors (Lipinski definition) is 4. The molecule has 6 heteroatoms. The number of amides is 2. The Balaban J connectivity index is 1.61. The van der Waals surface area contributed by atoms with E-state index in [1.165, 1.54) is 0 Å². The van der Waals surface area contributed by atoms with Gasteiger partial charge in [-0.2, -0.15) is 0 Å². The molecule has 0 heterocycles. The first kappa shape index (κ1) is 19.5. The Kier molecular flexibility index (Phi) is 7.64. The molecule has 3 N–H and O–H groups in total. The van der Waals surface area contributed by atoms with Crippen molar-refractivity contribution in [1.29, 1.82) is 0 Å². The first-order chi connectivity index (χ1) is 12.5. The van der Waals surface area contributed by atoms with Crippen LogP contribution in [0.5, 0.6) is 5.75 Å². The fourth-order valence-electron chi connectivity index (χ4n) is 2.39. The molecular weight excluding hydrogens is 330 g/mol. The molecular formula is C20H25N3O3. The second-order valence-electron chi connectivity index (χ2n) is 6.06. The van der Waals surface area contributed by atoms with E-state index in [0.717, 1.165) is 18.7 Å². The third kappa shape index (κ3) is 6.94. The molecule has 0 saturated carbocycles. The van der Waals surface area contributed by atoms with Gasteiger partial charge in [0.25, 0.3) is 0 Å². The molecule has 2 aromatic rings. The summed E-state index contributed by atoms with van der Waals surface area (Å²) < 4.78 is 5.65. The average molecular weight is 355 g/mol. The number of rotatable bonds is 10. The van der Waals surface area contributed by atoms with E-state index in [0.29, 0.717) is 30.8 Å². The van der Waals surface area contributed by atoms with Gasteiger partial charge < -0.3 is 20.7 Å². The minimum atomic E-state index is -0.485. The number of carbonyl (C=O) groups is 2. The van der Waals surface area contributed by atoms with E-state index in [1.54, 1.807) is 24.3 Å². The third-order valence-corrected chi connectivity index (χ3v) is 3.87. The highest BCUT2D eigenvalue weighted by molar-refractivity contribution is 5.94. The summed E-state index contributed by atoms with van der Waals surface area (Å²) in [5.74, 6) is 0.321. The largest absolute Gasteiger partial charge is 0.494 e. The molecule has 2 aromatic carbocycles. The number of nitrogens with zero attached hydrogens (tertiary/aromatic N) is 1. The standard InChI is InChI=1S/C20H25N3O3/c1-23(13-5-15-26-18-6-3-2-4-7-18)14-12-19(24)22-17-10-8-16(9-11-17)20(21)25/h2-4,6-11H,5,12-15H2,1H3,(H2,21,25)(H,22,24). The van der Waals surface area contributed by atoms with Crippen LogP contribution in [-0.2, 0) is 4.79 Å². The van der Waals surface area contributed by atoms with Gasteiger partial charge in [-0.25, -0.2) is 0 Å². The van der Waals surface area contributed by atoms with E-state index >= 15 is 0 Å². The van der Waals surface area contributed by atoms with E-state index in [2.05, 4.69) is 10.2 Å². The number of ether oxygens (including phenoxy) is 1. The molecule has 0 aliphatic rings. The van der Waals surface area contributed by atoms with Gasteiger partial charge in [0.1, 0.15) is 5.75 Å². The van der Waals surface area contributed by atoms with E-state index in [1.807, 2.05) is 37.4 Å². The highest BCUT2D eigenvalue weighted by Gasteiger charge is 2.06. The second kappa shape index (κ2) is 10.2. The number of carbonyl (C=O) groups excluding carboxylic acids is 2. The minimum absolute atomic E-state index is 0.0655. The van der Waals surface area contributed by atoms with Crippen molar-refractivity contribution in [2.75, 3.05) is 32.1 Å². The Morgan fingerprint density at radius 3 is 2.38 bits per heavy atom. The van der Waals surface area contributed by atoms with Crippen molar-refractivity contribution in [3.63, 3.8) is 0 Å². The summed E-state index contributed by atoms with van der Waals surface area (Å²) in [6, 6.07) is 16.2. The normalized spacial score (nSPS) is 10.5. The third-order valence-electron chi connectivity index (χ3n) is 3.87. The van der Waals surface area contributed by atoms with Gasteiger partial charge in [0.05, 0.1) is 6.61 Å². The second-order valence-corrected chi connectivity index (χ2v) is 6.06. The number of nitrogens with two attached hydrogens (primary N) is 1. The smallest absolute Gasteiger partial charge is 0.248 e. The van der Waals surface area contributed by atoms with Crippen molar-refractivity contribution < 1.29 is 14.3 Å². The number of nitrogens with one attached hydrogen (secondary N) is 1. The summed E-state index contributed by atoms with van der Waals surface area (Å²) in [4.78, 5) is 25.1. The maximum absolute atomic E-state index is 12.0. The van der Waals surface area contributed by atoms with Gasteiger partial charge in [0.15, 0.2) is 0 Å². The molecule has 6 nitrogen and oxygen atoms in total. The number of anilines is 1. The van der Waals surface area contributed by atoms with Gasteiger partial charge in [0.2, 0.25) is 11.8 Å². The van der Waals surface area contributed by atoms with Crippen LogP contribution in [0.25, 0.3) is 0 Å². The van der Waals surface area contributed by atoms with Crippen LogP contribution in [0.3, 0.4) is 0 Å².